The second kappa shape index (κ2) is 7.90. The van der Waals surface area contributed by atoms with E-state index in [9.17, 15) is 28.3 Å². The molecule has 12 heteroatoms. The fourth-order valence-electron chi connectivity index (χ4n) is 3.65. The minimum atomic E-state index is -3.78. The Morgan fingerprint density at radius 1 is 1.28 bits per heavy atom. The van der Waals surface area contributed by atoms with Crippen LogP contribution in [-0.2, 0) is 16.0 Å². The summed E-state index contributed by atoms with van der Waals surface area (Å²) in [6, 6.07) is 4.07. The normalized spacial score (nSPS) is 21.6. The summed E-state index contributed by atoms with van der Waals surface area (Å²) < 4.78 is 35.1. The van der Waals surface area contributed by atoms with E-state index in [4.69, 9.17) is 11.6 Å². The highest BCUT2D eigenvalue weighted by molar-refractivity contribution is 6.29. The molecule has 0 spiro atoms. The summed E-state index contributed by atoms with van der Waals surface area (Å²) in [5.41, 5.74) is 1.00. The van der Waals surface area contributed by atoms with Crippen LogP contribution in [-0.4, -0.2) is 45.2 Å². The van der Waals surface area contributed by atoms with Gasteiger partial charge in [-0.15, -0.1) is 8.78 Å². The first-order chi connectivity index (χ1) is 15.1. The van der Waals surface area contributed by atoms with Crippen molar-refractivity contribution in [2.45, 2.75) is 31.7 Å². The maximum atomic E-state index is 13.2. The van der Waals surface area contributed by atoms with Crippen molar-refractivity contribution in [1.82, 2.24) is 15.2 Å². The molecular weight excluding hydrogens is 452 g/mol. The van der Waals surface area contributed by atoms with Crippen molar-refractivity contribution >= 4 is 29.5 Å². The molecule has 3 atom stereocenters. The minimum Gasteiger partial charge on any atom is -0.480 e. The number of aromatic nitrogens is 1. The average Bonchev–Trinajstić information content (AvgIpc) is 3.02. The molecule has 9 nitrogen and oxygen atoms in total. The number of halogens is 3. The highest BCUT2D eigenvalue weighted by Crippen LogP contribution is 2.42. The Morgan fingerprint density at radius 2 is 2.00 bits per heavy atom. The predicted molar refractivity (Wildman–Crippen MR) is 104 cm³/mol. The number of imide groups is 1. The van der Waals surface area contributed by atoms with Gasteiger partial charge in [-0.05, 0) is 48.7 Å². The van der Waals surface area contributed by atoms with E-state index in [1.54, 1.807) is 13.0 Å². The quantitative estimate of drug-likeness (QED) is 0.512. The lowest BCUT2D eigenvalue weighted by Gasteiger charge is -2.43. The van der Waals surface area contributed by atoms with Crippen LogP contribution in [0.2, 0.25) is 5.15 Å². The van der Waals surface area contributed by atoms with Crippen LogP contribution in [0, 0.1) is 5.92 Å². The zero-order chi connectivity index (χ0) is 23.2. The fraction of sp³-hybridized carbons (Fsp3) is 0.300. The number of pyridine rings is 1. The van der Waals surface area contributed by atoms with E-state index in [-0.39, 0.29) is 23.1 Å². The van der Waals surface area contributed by atoms with E-state index < -0.39 is 42.2 Å². The number of nitrogens with zero attached hydrogens (tertiary/aromatic N) is 2. The van der Waals surface area contributed by atoms with Crippen LogP contribution in [0.5, 0.6) is 11.5 Å². The number of urea groups is 1. The lowest BCUT2D eigenvalue weighted by molar-refractivity contribution is -0.286. The van der Waals surface area contributed by atoms with Gasteiger partial charge in [0.15, 0.2) is 17.5 Å². The third-order valence-corrected chi connectivity index (χ3v) is 5.40. The van der Waals surface area contributed by atoms with Gasteiger partial charge in [0.1, 0.15) is 5.15 Å². The number of amides is 3. The number of aliphatic carboxylic acids is 1. The molecule has 168 valence electrons. The van der Waals surface area contributed by atoms with Gasteiger partial charge < -0.3 is 19.9 Å². The number of alkyl halides is 2. The van der Waals surface area contributed by atoms with Crippen molar-refractivity contribution in [2.24, 2.45) is 5.92 Å². The number of carbonyl (C=O) groups is 3. The molecular formula is C20H16ClF2N3O6. The molecule has 1 saturated heterocycles. The maximum absolute atomic E-state index is 13.2. The Bertz CT molecular complexity index is 1110. The van der Waals surface area contributed by atoms with Gasteiger partial charge in [-0.3, -0.25) is 4.79 Å². The lowest BCUT2D eigenvalue weighted by Crippen LogP contribution is -2.68. The van der Waals surface area contributed by atoms with E-state index in [0.717, 1.165) is 0 Å². The lowest BCUT2D eigenvalue weighted by atomic mass is 9.82. The summed E-state index contributed by atoms with van der Waals surface area (Å²) in [6.07, 6.45) is -2.27. The number of nitrogens with one attached hydrogen (secondary N) is 1. The van der Waals surface area contributed by atoms with Crippen molar-refractivity contribution in [3.8, 4) is 11.5 Å². The van der Waals surface area contributed by atoms with Crippen molar-refractivity contribution in [2.75, 3.05) is 0 Å². The summed E-state index contributed by atoms with van der Waals surface area (Å²) in [5.74, 6) is -3.28. The molecule has 1 aromatic heterocycles. The molecule has 1 aromatic carbocycles. The molecule has 3 unspecified atom stereocenters. The largest absolute Gasteiger partial charge is 0.586 e. The van der Waals surface area contributed by atoms with E-state index in [1.807, 2.05) is 0 Å². The molecule has 2 aliphatic heterocycles. The molecule has 3 amide bonds. The molecule has 1 fully saturated rings. The molecule has 3 heterocycles. The summed E-state index contributed by atoms with van der Waals surface area (Å²) in [4.78, 5) is 41.4. The topological polar surface area (TPSA) is 118 Å². The predicted octanol–water partition coefficient (Wildman–Crippen LogP) is 2.98. The molecule has 2 aromatic rings. The first-order valence-electron chi connectivity index (χ1n) is 9.42. The van der Waals surface area contributed by atoms with Crippen molar-refractivity contribution in [3.05, 3.63) is 52.8 Å². The van der Waals surface area contributed by atoms with E-state index in [1.165, 1.54) is 30.5 Å². The van der Waals surface area contributed by atoms with Crippen LogP contribution < -0.4 is 14.8 Å². The number of hydrogen-bond donors (Lipinski definition) is 2. The highest BCUT2D eigenvalue weighted by atomic mass is 35.5. The zero-order valence-electron chi connectivity index (χ0n) is 16.4. The second-order valence-electron chi connectivity index (χ2n) is 7.33. The summed E-state index contributed by atoms with van der Waals surface area (Å²) >= 11 is 5.83. The fourth-order valence-corrected chi connectivity index (χ4v) is 3.85. The van der Waals surface area contributed by atoms with E-state index in [2.05, 4.69) is 19.8 Å². The zero-order valence-corrected chi connectivity index (χ0v) is 17.2. The van der Waals surface area contributed by atoms with Crippen LogP contribution in [0.15, 0.2) is 36.5 Å². The van der Waals surface area contributed by atoms with Crippen LogP contribution in [0.1, 0.15) is 24.1 Å². The van der Waals surface area contributed by atoms with Gasteiger partial charge in [-0.2, -0.15) is 0 Å². The van der Waals surface area contributed by atoms with Gasteiger partial charge in [-0.1, -0.05) is 17.7 Å². The maximum Gasteiger partial charge on any atom is 0.586 e. The number of fused-ring (bicyclic) bond motifs is 1. The third kappa shape index (κ3) is 4.03. The Hall–Kier alpha value is -3.47. The Morgan fingerprint density at radius 3 is 2.69 bits per heavy atom. The molecule has 0 radical (unpaired) electrons. The minimum absolute atomic E-state index is 0.0771. The van der Waals surface area contributed by atoms with Crippen molar-refractivity contribution < 1.29 is 37.7 Å². The highest BCUT2D eigenvalue weighted by Gasteiger charge is 2.54. The Balaban J connectivity index is 1.45. The number of carboxylic acid groups (broad SMARTS) is 1. The SMILES string of the molecule is CC(NC(=O)N1C(=O)C(Cc2ccnc(Cl)c2)C1C(=O)O)c1ccc2c(c1)OC(F)(F)O2. The van der Waals surface area contributed by atoms with Gasteiger partial charge in [0.25, 0.3) is 0 Å². The third-order valence-electron chi connectivity index (χ3n) is 5.20. The number of ether oxygens (including phenoxy) is 2. The number of rotatable bonds is 5. The number of carbonyl (C=O) groups excluding carboxylic acids is 2. The van der Waals surface area contributed by atoms with Gasteiger partial charge in [0.05, 0.1) is 12.0 Å². The number of benzene rings is 1. The standard InChI is InChI=1S/C20H16ClF2N3O6/c1-9(11-2-3-13-14(8-11)32-20(22,23)31-13)25-19(30)26-16(18(28)29)12(17(26)27)6-10-4-5-24-15(21)7-10/h2-5,7-9,12,16H,6H2,1H3,(H,25,30)(H,28,29). The molecule has 0 bridgehead atoms. The number of β-lactam (4-membered cyclic amide) rings is 1. The summed E-state index contributed by atoms with van der Waals surface area (Å²) in [5, 5.41) is 12.3. The second-order valence-corrected chi connectivity index (χ2v) is 7.72. The molecule has 2 aliphatic rings. The van der Waals surface area contributed by atoms with Crippen LogP contribution >= 0.6 is 11.6 Å². The average molecular weight is 468 g/mol. The summed E-state index contributed by atoms with van der Waals surface area (Å²) in [7, 11) is 0. The van der Waals surface area contributed by atoms with E-state index in [0.29, 0.717) is 16.0 Å². The molecule has 4 rings (SSSR count). The molecule has 0 saturated carbocycles. The molecule has 32 heavy (non-hydrogen) atoms. The number of likely N-dealkylation sites (tertiary alicyclic amines) is 1. The van der Waals surface area contributed by atoms with Crippen LogP contribution in [0.3, 0.4) is 0 Å². The number of carboxylic acids is 1. The molecule has 2 N–H and O–H groups in total. The van der Waals surface area contributed by atoms with Crippen molar-refractivity contribution in [1.29, 1.82) is 0 Å². The Labute approximate surface area is 184 Å². The molecule has 0 aliphatic carbocycles. The van der Waals surface area contributed by atoms with E-state index >= 15 is 0 Å². The first kappa shape index (κ1) is 21.8. The van der Waals surface area contributed by atoms with Gasteiger partial charge >= 0.3 is 18.3 Å². The number of hydrogen-bond acceptors (Lipinski definition) is 6. The van der Waals surface area contributed by atoms with Crippen molar-refractivity contribution in [3.63, 3.8) is 0 Å². The Kier molecular flexibility index (Phi) is 5.37. The monoisotopic (exact) mass is 467 g/mol. The first-order valence-corrected chi connectivity index (χ1v) is 9.80. The van der Waals surface area contributed by atoms with Crippen LogP contribution in [0.4, 0.5) is 13.6 Å². The van der Waals surface area contributed by atoms with Gasteiger partial charge in [0, 0.05) is 6.20 Å². The van der Waals surface area contributed by atoms with Gasteiger partial charge in [0.2, 0.25) is 5.91 Å². The summed E-state index contributed by atoms with van der Waals surface area (Å²) in [6.45, 7) is 1.55. The van der Waals surface area contributed by atoms with Crippen LogP contribution in [0.25, 0.3) is 0 Å². The smallest absolute Gasteiger partial charge is 0.480 e. The van der Waals surface area contributed by atoms with Gasteiger partial charge in [-0.25, -0.2) is 19.5 Å².